The van der Waals surface area contributed by atoms with Gasteiger partial charge in [-0.1, -0.05) is 29.8 Å². The topological polar surface area (TPSA) is 96.0 Å². The number of para-hydroxylation sites is 1. The Morgan fingerprint density at radius 2 is 1.96 bits per heavy atom. The minimum Gasteiger partial charge on any atom is -0.321 e. The smallest absolute Gasteiger partial charge is 0.276 e. The van der Waals surface area contributed by atoms with Crippen molar-refractivity contribution in [2.45, 2.75) is 13.8 Å². The number of benzene rings is 2. The zero-order valence-electron chi connectivity index (χ0n) is 13.2. The van der Waals surface area contributed by atoms with Crippen LogP contribution in [0.1, 0.15) is 16.7 Å². The summed E-state index contributed by atoms with van der Waals surface area (Å²) in [5, 5.41) is 22.9. The standard InChI is InChI=1S/C18H15N3O3/c1-12-7-8-16(13(2)9-12)20-18(22)15(11-19)10-14-5-3-4-6-17(14)21(23)24/h3-10H,1-2H3,(H,20,22)/b15-10+. The molecule has 0 spiro atoms. The van der Waals surface area contributed by atoms with E-state index in [0.29, 0.717) is 5.69 Å². The minimum absolute atomic E-state index is 0.162. The first-order valence-electron chi connectivity index (χ1n) is 7.16. The molecule has 0 unspecified atom stereocenters. The Balaban J connectivity index is 2.33. The number of carbonyl (C=O) groups excluding carboxylic acids is 1. The molecule has 0 bridgehead atoms. The van der Waals surface area contributed by atoms with E-state index < -0.39 is 10.8 Å². The molecule has 6 heteroatoms. The Kier molecular flexibility index (Phi) is 5.07. The highest BCUT2D eigenvalue weighted by molar-refractivity contribution is 6.10. The monoisotopic (exact) mass is 321 g/mol. The molecule has 0 aliphatic heterocycles. The van der Waals surface area contributed by atoms with Crippen LogP contribution in [0, 0.1) is 35.3 Å². The van der Waals surface area contributed by atoms with Gasteiger partial charge in [-0.2, -0.15) is 5.26 Å². The van der Waals surface area contributed by atoms with Crippen molar-refractivity contribution in [3.8, 4) is 6.07 Å². The first-order valence-corrected chi connectivity index (χ1v) is 7.16. The number of aryl methyl sites for hydroxylation is 2. The highest BCUT2D eigenvalue weighted by atomic mass is 16.6. The van der Waals surface area contributed by atoms with Crippen LogP contribution in [0.5, 0.6) is 0 Å². The molecule has 1 amide bonds. The van der Waals surface area contributed by atoms with E-state index in [4.69, 9.17) is 0 Å². The first kappa shape index (κ1) is 16.9. The summed E-state index contributed by atoms with van der Waals surface area (Å²) in [6.07, 6.45) is 1.22. The van der Waals surface area contributed by atoms with E-state index in [9.17, 15) is 20.2 Å². The molecule has 2 aromatic rings. The first-order chi connectivity index (χ1) is 11.4. The second-order valence-corrected chi connectivity index (χ2v) is 5.26. The molecule has 0 fully saturated rings. The number of anilines is 1. The molecule has 0 atom stereocenters. The number of carbonyl (C=O) groups is 1. The molecule has 2 rings (SSSR count). The van der Waals surface area contributed by atoms with E-state index in [2.05, 4.69) is 5.32 Å². The fourth-order valence-corrected chi connectivity index (χ4v) is 2.22. The number of hydrogen-bond donors (Lipinski definition) is 1. The predicted molar refractivity (Wildman–Crippen MR) is 91.2 cm³/mol. The summed E-state index contributed by atoms with van der Waals surface area (Å²) < 4.78 is 0. The number of nitrogens with one attached hydrogen (secondary N) is 1. The molecule has 0 aromatic heterocycles. The van der Waals surface area contributed by atoms with Crippen molar-refractivity contribution in [1.29, 1.82) is 5.26 Å². The lowest BCUT2D eigenvalue weighted by Crippen LogP contribution is -2.14. The summed E-state index contributed by atoms with van der Waals surface area (Å²) in [7, 11) is 0. The Hall–Kier alpha value is -3.46. The number of rotatable bonds is 4. The molecular formula is C18H15N3O3. The Morgan fingerprint density at radius 1 is 1.25 bits per heavy atom. The van der Waals surface area contributed by atoms with Gasteiger partial charge in [-0.15, -0.1) is 0 Å². The summed E-state index contributed by atoms with van der Waals surface area (Å²) in [6, 6.07) is 13.2. The van der Waals surface area contributed by atoms with Gasteiger partial charge in [-0.25, -0.2) is 0 Å². The van der Waals surface area contributed by atoms with E-state index in [1.807, 2.05) is 26.0 Å². The van der Waals surface area contributed by atoms with Crippen LogP contribution in [0.15, 0.2) is 48.0 Å². The highest BCUT2D eigenvalue weighted by Gasteiger charge is 2.15. The largest absolute Gasteiger partial charge is 0.321 e. The molecular weight excluding hydrogens is 306 g/mol. The summed E-state index contributed by atoms with van der Waals surface area (Å²) in [5.74, 6) is -0.609. The fraction of sp³-hybridized carbons (Fsp3) is 0.111. The number of hydrogen-bond acceptors (Lipinski definition) is 4. The van der Waals surface area contributed by atoms with Gasteiger partial charge in [0.2, 0.25) is 0 Å². The van der Waals surface area contributed by atoms with Crippen LogP contribution < -0.4 is 5.32 Å². The van der Waals surface area contributed by atoms with Crippen molar-refractivity contribution < 1.29 is 9.72 Å². The lowest BCUT2D eigenvalue weighted by molar-refractivity contribution is -0.385. The van der Waals surface area contributed by atoms with Crippen molar-refractivity contribution in [3.05, 3.63) is 74.8 Å². The quantitative estimate of drug-likeness (QED) is 0.401. The zero-order valence-corrected chi connectivity index (χ0v) is 13.2. The minimum atomic E-state index is -0.609. The number of nitriles is 1. The van der Waals surface area contributed by atoms with Gasteiger partial charge < -0.3 is 5.32 Å². The number of nitrogens with zero attached hydrogens (tertiary/aromatic N) is 2. The van der Waals surface area contributed by atoms with Gasteiger partial charge in [0.1, 0.15) is 11.6 Å². The Morgan fingerprint density at radius 3 is 2.58 bits per heavy atom. The number of nitro groups is 1. The van der Waals surface area contributed by atoms with Gasteiger partial charge in [-0.05, 0) is 37.6 Å². The van der Waals surface area contributed by atoms with Crippen LogP contribution in [0.25, 0.3) is 6.08 Å². The van der Waals surface area contributed by atoms with E-state index in [1.54, 1.807) is 18.2 Å². The van der Waals surface area contributed by atoms with Crippen molar-refractivity contribution in [3.63, 3.8) is 0 Å². The molecule has 0 aliphatic carbocycles. The molecule has 0 aliphatic rings. The van der Waals surface area contributed by atoms with Crippen LogP contribution in [-0.4, -0.2) is 10.8 Å². The molecule has 0 saturated heterocycles. The third-order valence-electron chi connectivity index (χ3n) is 3.43. The van der Waals surface area contributed by atoms with Gasteiger partial charge in [-0.3, -0.25) is 14.9 Å². The van der Waals surface area contributed by atoms with Gasteiger partial charge in [0, 0.05) is 11.8 Å². The molecule has 0 radical (unpaired) electrons. The van der Waals surface area contributed by atoms with Crippen LogP contribution in [0.4, 0.5) is 11.4 Å². The van der Waals surface area contributed by atoms with Gasteiger partial charge in [0.05, 0.1) is 10.5 Å². The van der Waals surface area contributed by atoms with E-state index in [1.165, 1.54) is 24.3 Å². The average molecular weight is 321 g/mol. The lowest BCUT2D eigenvalue weighted by Gasteiger charge is -2.08. The van der Waals surface area contributed by atoms with Gasteiger partial charge >= 0.3 is 0 Å². The van der Waals surface area contributed by atoms with E-state index in [-0.39, 0.29) is 16.8 Å². The molecule has 1 N–H and O–H groups in total. The van der Waals surface area contributed by atoms with Crippen molar-refractivity contribution in [1.82, 2.24) is 0 Å². The maximum Gasteiger partial charge on any atom is 0.276 e. The van der Waals surface area contributed by atoms with Crippen LogP contribution in [0.3, 0.4) is 0 Å². The lowest BCUT2D eigenvalue weighted by atomic mass is 10.1. The Labute approximate surface area is 139 Å². The summed E-state index contributed by atoms with van der Waals surface area (Å²) >= 11 is 0. The molecule has 120 valence electrons. The third-order valence-corrected chi connectivity index (χ3v) is 3.43. The van der Waals surface area contributed by atoms with Crippen molar-refractivity contribution in [2.75, 3.05) is 5.32 Å². The van der Waals surface area contributed by atoms with Crippen LogP contribution in [-0.2, 0) is 4.79 Å². The van der Waals surface area contributed by atoms with Crippen molar-refractivity contribution >= 4 is 23.4 Å². The SMILES string of the molecule is Cc1ccc(NC(=O)/C(C#N)=C/c2ccccc2[N+](=O)[O-])c(C)c1. The summed E-state index contributed by atoms with van der Waals surface area (Å²) in [6.45, 7) is 3.79. The maximum absolute atomic E-state index is 12.3. The molecule has 2 aromatic carbocycles. The molecule has 24 heavy (non-hydrogen) atoms. The molecule has 6 nitrogen and oxygen atoms in total. The number of nitro benzene ring substituents is 1. The predicted octanol–water partition coefficient (Wildman–Crippen LogP) is 3.76. The summed E-state index contributed by atoms with van der Waals surface area (Å²) in [5.41, 5.74) is 2.35. The van der Waals surface area contributed by atoms with Crippen LogP contribution >= 0.6 is 0 Å². The maximum atomic E-state index is 12.3. The molecule has 0 heterocycles. The average Bonchev–Trinajstić information content (AvgIpc) is 2.55. The van der Waals surface area contributed by atoms with E-state index >= 15 is 0 Å². The second-order valence-electron chi connectivity index (χ2n) is 5.26. The zero-order chi connectivity index (χ0) is 17.7. The number of amides is 1. The van der Waals surface area contributed by atoms with Crippen molar-refractivity contribution in [2.24, 2.45) is 0 Å². The van der Waals surface area contributed by atoms with E-state index in [0.717, 1.165) is 11.1 Å². The van der Waals surface area contributed by atoms with Crippen LogP contribution in [0.2, 0.25) is 0 Å². The second kappa shape index (κ2) is 7.20. The normalized spacial score (nSPS) is 10.8. The molecule has 0 saturated carbocycles. The summed E-state index contributed by atoms with van der Waals surface area (Å²) in [4.78, 5) is 22.8. The third kappa shape index (κ3) is 3.84. The fourth-order valence-electron chi connectivity index (χ4n) is 2.22. The Bertz CT molecular complexity index is 879. The highest BCUT2D eigenvalue weighted by Crippen LogP contribution is 2.22. The van der Waals surface area contributed by atoms with Gasteiger partial charge in [0.15, 0.2) is 0 Å². The van der Waals surface area contributed by atoms with Gasteiger partial charge in [0.25, 0.3) is 11.6 Å².